The van der Waals surface area contributed by atoms with Gasteiger partial charge in [-0.1, -0.05) is 12.1 Å². The number of aromatic amines is 2. The van der Waals surface area contributed by atoms with Crippen molar-refractivity contribution in [2.24, 2.45) is 0 Å². The van der Waals surface area contributed by atoms with E-state index in [2.05, 4.69) is 19.7 Å². The van der Waals surface area contributed by atoms with Crippen LogP contribution in [0.25, 0.3) is 22.3 Å². The molecule has 0 radical (unpaired) electrons. The second kappa shape index (κ2) is 3.85. The molecule has 0 saturated heterocycles. The normalized spacial score (nSPS) is 15.8. The Kier molecular flexibility index (Phi) is 2.15. The third-order valence-corrected chi connectivity index (χ3v) is 3.92. The van der Waals surface area contributed by atoms with Gasteiger partial charge in [0.1, 0.15) is 0 Å². The lowest BCUT2D eigenvalue weighted by Crippen LogP contribution is -2.18. The molecule has 1 fully saturated rings. The number of hydrogen-bond donors (Lipinski definition) is 2. The van der Waals surface area contributed by atoms with Crippen LogP contribution in [0.15, 0.2) is 35.3 Å². The Morgan fingerprint density at radius 2 is 2.11 bits per heavy atom. The second-order valence-corrected chi connectivity index (χ2v) is 5.05. The van der Waals surface area contributed by atoms with Gasteiger partial charge in [0.25, 0.3) is 0 Å². The van der Waals surface area contributed by atoms with E-state index in [1.165, 1.54) is 19.3 Å². The first-order valence-electron chi connectivity index (χ1n) is 6.58. The minimum atomic E-state index is -0.169. The van der Waals surface area contributed by atoms with Gasteiger partial charge in [-0.15, -0.1) is 0 Å². The Morgan fingerprint density at radius 1 is 1.21 bits per heavy atom. The summed E-state index contributed by atoms with van der Waals surface area (Å²) in [6.07, 6.45) is 5.48. The van der Waals surface area contributed by atoms with Gasteiger partial charge in [0.2, 0.25) is 0 Å². The zero-order valence-corrected chi connectivity index (χ0v) is 10.4. The predicted octanol–water partition coefficient (Wildman–Crippen LogP) is 2.44. The number of para-hydroxylation sites is 1. The van der Waals surface area contributed by atoms with E-state index < -0.39 is 0 Å². The highest BCUT2D eigenvalue weighted by Gasteiger charge is 2.23. The molecule has 5 heteroatoms. The highest BCUT2D eigenvalue weighted by Crippen LogP contribution is 2.35. The fraction of sp³-hybridized carbons (Fsp3) is 0.286. The number of fused-ring (bicyclic) bond motifs is 1. The van der Waals surface area contributed by atoms with E-state index in [-0.39, 0.29) is 5.69 Å². The number of rotatable bonds is 2. The topological polar surface area (TPSA) is 66.5 Å². The highest BCUT2D eigenvalue weighted by molar-refractivity contribution is 5.90. The van der Waals surface area contributed by atoms with Crippen molar-refractivity contribution in [2.75, 3.05) is 0 Å². The van der Waals surface area contributed by atoms with Crippen LogP contribution in [0.5, 0.6) is 0 Å². The Morgan fingerprint density at radius 3 is 2.89 bits per heavy atom. The van der Waals surface area contributed by atoms with Crippen LogP contribution in [0.3, 0.4) is 0 Å². The lowest BCUT2D eigenvalue weighted by molar-refractivity contribution is 0.292. The standard InChI is InChI=1S/C14H14N4O/c19-14-16-11-6-2-5-10(13(11)17-14)12-7-8-15-18(12)9-3-1-4-9/h2,5-9H,1,3-4H2,(H2,16,17,19). The molecule has 1 aliphatic carbocycles. The quantitative estimate of drug-likeness (QED) is 0.737. The van der Waals surface area contributed by atoms with Gasteiger partial charge in [-0.3, -0.25) is 4.68 Å². The summed E-state index contributed by atoms with van der Waals surface area (Å²) in [5, 5.41) is 4.44. The largest absolute Gasteiger partial charge is 0.323 e. The van der Waals surface area contributed by atoms with E-state index >= 15 is 0 Å². The molecule has 96 valence electrons. The van der Waals surface area contributed by atoms with Crippen LogP contribution >= 0.6 is 0 Å². The van der Waals surface area contributed by atoms with Gasteiger partial charge in [0, 0.05) is 11.8 Å². The van der Waals surface area contributed by atoms with Gasteiger partial charge in [-0.2, -0.15) is 5.10 Å². The highest BCUT2D eigenvalue weighted by atomic mass is 16.1. The van der Waals surface area contributed by atoms with Gasteiger partial charge in [0.15, 0.2) is 0 Å². The third-order valence-electron chi connectivity index (χ3n) is 3.92. The van der Waals surface area contributed by atoms with Gasteiger partial charge >= 0.3 is 5.69 Å². The van der Waals surface area contributed by atoms with E-state index in [0.717, 1.165) is 22.3 Å². The number of benzene rings is 1. The molecule has 4 rings (SSSR count). The van der Waals surface area contributed by atoms with E-state index in [1.54, 1.807) is 0 Å². The van der Waals surface area contributed by atoms with Crippen molar-refractivity contribution in [3.05, 3.63) is 40.9 Å². The lowest BCUT2D eigenvalue weighted by atomic mass is 9.93. The maximum absolute atomic E-state index is 11.5. The second-order valence-electron chi connectivity index (χ2n) is 5.05. The average Bonchev–Trinajstić information content (AvgIpc) is 2.91. The van der Waals surface area contributed by atoms with Crippen LogP contribution in [0.2, 0.25) is 0 Å². The Bertz CT molecular complexity index is 791. The number of H-pyrrole nitrogens is 2. The minimum absolute atomic E-state index is 0.169. The first kappa shape index (κ1) is 10.6. The first-order chi connectivity index (χ1) is 9.33. The molecular formula is C14H14N4O. The van der Waals surface area contributed by atoms with Crippen LogP contribution < -0.4 is 5.69 Å². The third kappa shape index (κ3) is 1.54. The summed E-state index contributed by atoms with van der Waals surface area (Å²) in [4.78, 5) is 17.1. The molecule has 0 aliphatic heterocycles. The first-order valence-corrected chi connectivity index (χ1v) is 6.58. The summed E-state index contributed by atoms with van der Waals surface area (Å²) in [6.45, 7) is 0. The molecule has 2 heterocycles. The fourth-order valence-electron chi connectivity index (χ4n) is 2.72. The van der Waals surface area contributed by atoms with Crippen molar-refractivity contribution in [1.29, 1.82) is 0 Å². The average molecular weight is 254 g/mol. The van der Waals surface area contributed by atoms with Crippen LogP contribution in [-0.4, -0.2) is 19.7 Å². The predicted molar refractivity (Wildman–Crippen MR) is 73.0 cm³/mol. The zero-order valence-electron chi connectivity index (χ0n) is 10.4. The Labute approximate surface area is 109 Å². The van der Waals surface area contributed by atoms with Gasteiger partial charge < -0.3 is 9.97 Å². The van der Waals surface area contributed by atoms with Crippen LogP contribution in [0.4, 0.5) is 0 Å². The molecule has 1 aromatic carbocycles. The van der Waals surface area contributed by atoms with Crippen molar-refractivity contribution in [1.82, 2.24) is 19.7 Å². The molecule has 1 aliphatic rings. The van der Waals surface area contributed by atoms with E-state index in [1.807, 2.05) is 30.5 Å². The van der Waals surface area contributed by atoms with Crippen molar-refractivity contribution >= 4 is 11.0 Å². The maximum Gasteiger partial charge on any atom is 0.323 e. The number of imidazole rings is 1. The van der Waals surface area contributed by atoms with Crippen LogP contribution in [0, 0.1) is 0 Å². The monoisotopic (exact) mass is 254 g/mol. The van der Waals surface area contributed by atoms with Gasteiger partial charge in [-0.25, -0.2) is 4.79 Å². The van der Waals surface area contributed by atoms with Gasteiger partial charge in [0.05, 0.1) is 22.8 Å². The summed E-state index contributed by atoms with van der Waals surface area (Å²) in [5.41, 5.74) is 3.63. The van der Waals surface area contributed by atoms with Crippen LogP contribution in [0.1, 0.15) is 25.3 Å². The van der Waals surface area contributed by atoms with E-state index in [0.29, 0.717) is 6.04 Å². The lowest BCUT2D eigenvalue weighted by Gasteiger charge is -2.27. The maximum atomic E-state index is 11.5. The fourth-order valence-corrected chi connectivity index (χ4v) is 2.72. The SMILES string of the molecule is O=c1[nH]c2cccc(-c3ccnn3C3CCC3)c2[nH]1. The molecule has 5 nitrogen and oxygen atoms in total. The van der Waals surface area contributed by atoms with Crippen molar-refractivity contribution in [3.8, 4) is 11.3 Å². The molecule has 0 bridgehead atoms. The molecule has 2 aromatic heterocycles. The van der Waals surface area contributed by atoms with Crippen molar-refractivity contribution < 1.29 is 0 Å². The summed E-state index contributed by atoms with van der Waals surface area (Å²) < 4.78 is 2.09. The molecule has 3 aromatic rings. The summed E-state index contributed by atoms with van der Waals surface area (Å²) >= 11 is 0. The molecule has 2 N–H and O–H groups in total. The van der Waals surface area contributed by atoms with E-state index in [4.69, 9.17) is 0 Å². The minimum Gasteiger partial charge on any atom is -0.306 e. The Hall–Kier alpha value is -2.30. The Balaban J connectivity index is 1.94. The molecular weight excluding hydrogens is 240 g/mol. The number of aromatic nitrogens is 4. The summed E-state index contributed by atoms with van der Waals surface area (Å²) in [7, 11) is 0. The molecule has 1 saturated carbocycles. The number of nitrogens with zero attached hydrogens (tertiary/aromatic N) is 2. The number of nitrogens with one attached hydrogen (secondary N) is 2. The summed E-state index contributed by atoms with van der Waals surface area (Å²) in [6, 6.07) is 8.41. The zero-order chi connectivity index (χ0) is 12.8. The van der Waals surface area contributed by atoms with Crippen molar-refractivity contribution in [3.63, 3.8) is 0 Å². The van der Waals surface area contributed by atoms with E-state index in [9.17, 15) is 4.79 Å². The smallest absolute Gasteiger partial charge is 0.306 e. The molecule has 0 amide bonds. The van der Waals surface area contributed by atoms with Crippen molar-refractivity contribution in [2.45, 2.75) is 25.3 Å². The van der Waals surface area contributed by atoms with Crippen LogP contribution in [-0.2, 0) is 0 Å². The number of hydrogen-bond acceptors (Lipinski definition) is 2. The molecule has 0 atom stereocenters. The molecule has 0 unspecified atom stereocenters. The van der Waals surface area contributed by atoms with Gasteiger partial charge in [-0.05, 0) is 31.4 Å². The summed E-state index contributed by atoms with van der Waals surface area (Å²) in [5.74, 6) is 0. The molecule has 0 spiro atoms. The molecule has 19 heavy (non-hydrogen) atoms.